The standard InChI is InChI=1S/C16H20N2OS2/c1-18(2)11-10-17-16(19)13-6-4-12(5-7-13)14-8-9-15(20-3)21-14/h4-9H,10-11H2,1-3H3,(H,17,19). The van der Waals surface area contributed by atoms with Gasteiger partial charge in [-0.05, 0) is 50.2 Å². The first-order valence-electron chi connectivity index (χ1n) is 6.77. The molecule has 112 valence electrons. The van der Waals surface area contributed by atoms with Crippen LogP contribution in [0.4, 0.5) is 0 Å². The molecule has 0 aliphatic heterocycles. The van der Waals surface area contributed by atoms with Crippen LogP contribution in [0.1, 0.15) is 10.4 Å². The lowest BCUT2D eigenvalue weighted by Gasteiger charge is -2.10. The number of thioether (sulfide) groups is 1. The highest BCUT2D eigenvalue weighted by Gasteiger charge is 2.07. The fraction of sp³-hybridized carbons (Fsp3) is 0.312. The molecule has 0 bridgehead atoms. The minimum absolute atomic E-state index is 0.0145. The lowest BCUT2D eigenvalue weighted by molar-refractivity contribution is 0.0951. The van der Waals surface area contributed by atoms with Crippen LogP contribution >= 0.6 is 23.1 Å². The minimum atomic E-state index is -0.0145. The number of carbonyl (C=O) groups excluding carboxylic acids is 1. The van der Waals surface area contributed by atoms with E-state index in [-0.39, 0.29) is 5.91 Å². The highest BCUT2D eigenvalue weighted by molar-refractivity contribution is 8.00. The Balaban J connectivity index is 1.99. The fourth-order valence-corrected chi connectivity index (χ4v) is 3.42. The van der Waals surface area contributed by atoms with E-state index in [1.165, 1.54) is 9.09 Å². The molecular weight excluding hydrogens is 300 g/mol. The van der Waals surface area contributed by atoms with Gasteiger partial charge in [0, 0.05) is 23.5 Å². The van der Waals surface area contributed by atoms with E-state index in [0.717, 1.165) is 12.1 Å². The summed E-state index contributed by atoms with van der Waals surface area (Å²) in [5.41, 5.74) is 1.87. The van der Waals surface area contributed by atoms with Crippen LogP contribution in [0.15, 0.2) is 40.6 Å². The topological polar surface area (TPSA) is 32.3 Å². The summed E-state index contributed by atoms with van der Waals surface area (Å²) < 4.78 is 1.30. The smallest absolute Gasteiger partial charge is 0.251 e. The summed E-state index contributed by atoms with van der Waals surface area (Å²) in [5.74, 6) is -0.0145. The fourth-order valence-electron chi connectivity index (χ4n) is 1.87. The molecule has 1 N–H and O–H groups in total. The van der Waals surface area contributed by atoms with Gasteiger partial charge in [-0.1, -0.05) is 12.1 Å². The highest BCUT2D eigenvalue weighted by Crippen LogP contribution is 2.32. The molecule has 0 atom stereocenters. The van der Waals surface area contributed by atoms with E-state index in [1.807, 2.05) is 43.3 Å². The molecule has 5 heteroatoms. The second-order valence-corrected chi connectivity index (χ2v) is 7.15. The van der Waals surface area contributed by atoms with Gasteiger partial charge in [0.2, 0.25) is 0 Å². The van der Waals surface area contributed by atoms with Gasteiger partial charge in [0.25, 0.3) is 5.91 Å². The summed E-state index contributed by atoms with van der Waals surface area (Å²) in [7, 11) is 3.98. The molecule has 21 heavy (non-hydrogen) atoms. The van der Waals surface area contributed by atoms with Gasteiger partial charge in [-0.15, -0.1) is 23.1 Å². The molecule has 0 fully saturated rings. The second-order valence-electron chi connectivity index (χ2n) is 4.96. The van der Waals surface area contributed by atoms with Crippen molar-refractivity contribution < 1.29 is 4.79 Å². The summed E-state index contributed by atoms with van der Waals surface area (Å²) >= 11 is 3.53. The normalized spacial score (nSPS) is 10.9. The number of thiophene rings is 1. The number of likely N-dealkylation sites (N-methyl/N-ethyl adjacent to an activating group) is 1. The zero-order valence-corrected chi connectivity index (χ0v) is 14.2. The van der Waals surface area contributed by atoms with Crippen LogP contribution < -0.4 is 5.32 Å². The minimum Gasteiger partial charge on any atom is -0.351 e. The van der Waals surface area contributed by atoms with Gasteiger partial charge in [-0.2, -0.15) is 0 Å². The van der Waals surface area contributed by atoms with Gasteiger partial charge in [0.1, 0.15) is 0 Å². The number of amides is 1. The number of rotatable bonds is 6. The third-order valence-electron chi connectivity index (χ3n) is 3.06. The van der Waals surface area contributed by atoms with E-state index in [0.29, 0.717) is 12.1 Å². The van der Waals surface area contributed by atoms with Crippen molar-refractivity contribution in [1.82, 2.24) is 10.2 Å². The van der Waals surface area contributed by atoms with Crippen LogP contribution in [-0.4, -0.2) is 44.2 Å². The first kappa shape index (κ1) is 16.1. The maximum atomic E-state index is 12.0. The van der Waals surface area contributed by atoms with Crippen LogP contribution in [0.5, 0.6) is 0 Å². The van der Waals surface area contributed by atoms with Gasteiger partial charge in [-0.25, -0.2) is 0 Å². The average molecular weight is 320 g/mol. The third kappa shape index (κ3) is 4.59. The molecule has 1 heterocycles. The van der Waals surface area contributed by atoms with Gasteiger partial charge in [-0.3, -0.25) is 4.79 Å². The number of hydrogen-bond donors (Lipinski definition) is 1. The number of benzene rings is 1. The number of nitrogens with one attached hydrogen (secondary N) is 1. The van der Waals surface area contributed by atoms with Crippen molar-refractivity contribution in [2.24, 2.45) is 0 Å². The van der Waals surface area contributed by atoms with Crippen LogP contribution in [0, 0.1) is 0 Å². The molecule has 1 aromatic heterocycles. The monoisotopic (exact) mass is 320 g/mol. The lowest BCUT2D eigenvalue weighted by Crippen LogP contribution is -2.31. The zero-order chi connectivity index (χ0) is 15.2. The van der Waals surface area contributed by atoms with Crippen molar-refractivity contribution in [1.29, 1.82) is 0 Å². The second kappa shape index (κ2) is 7.64. The summed E-state index contributed by atoms with van der Waals surface area (Å²) in [4.78, 5) is 15.3. The van der Waals surface area contributed by atoms with Crippen molar-refractivity contribution in [3.63, 3.8) is 0 Å². The zero-order valence-electron chi connectivity index (χ0n) is 12.6. The summed E-state index contributed by atoms with van der Waals surface area (Å²) in [6.07, 6.45) is 2.08. The molecule has 2 aromatic rings. The largest absolute Gasteiger partial charge is 0.351 e. The lowest BCUT2D eigenvalue weighted by atomic mass is 10.1. The number of hydrogen-bond acceptors (Lipinski definition) is 4. The number of carbonyl (C=O) groups is 1. The predicted molar refractivity (Wildman–Crippen MR) is 92.4 cm³/mol. The Kier molecular flexibility index (Phi) is 5.85. The molecule has 3 nitrogen and oxygen atoms in total. The number of nitrogens with zero attached hydrogens (tertiary/aromatic N) is 1. The maximum absolute atomic E-state index is 12.0. The molecule has 0 saturated carbocycles. The van der Waals surface area contributed by atoms with E-state index in [1.54, 1.807) is 23.1 Å². The van der Waals surface area contributed by atoms with E-state index < -0.39 is 0 Å². The molecule has 0 aliphatic carbocycles. The molecular formula is C16H20N2OS2. The van der Waals surface area contributed by atoms with Gasteiger partial charge >= 0.3 is 0 Å². The SMILES string of the molecule is CSc1ccc(-c2ccc(C(=O)NCCN(C)C)cc2)s1. The Bertz CT molecular complexity index is 591. The van der Waals surface area contributed by atoms with E-state index in [9.17, 15) is 4.79 Å². The summed E-state index contributed by atoms with van der Waals surface area (Å²) in [6.45, 7) is 1.51. The molecule has 1 aromatic carbocycles. The molecule has 1 amide bonds. The van der Waals surface area contributed by atoms with Gasteiger partial charge < -0.3 is 10.2 Å². The average Bonchev–Trinajstić information content (AvgIpc) is 2.96. The summed E-state index contributed by atoms with van der Waals surface area (Å²) in [6, 6.07) is 12.1. The third-order valence-corrected chi connectivity index (χ3v) is 5.28. The van der Waals surface area contributed by atoms with Crippen LogP contribution in [0.25, 0.3) is 10.4 Å². The quantitative estimate of drug-likeness (QED) is 0.828. The first-order chi connectivity index (χ1) is 10.1. The van der Waals surface area contributed by atoms with E-state index in [2.05, 4.69) is 23.7 Å². The molecule has 0 unspecified atom stereocenters. The Labute approximate surface area is 134 Å². The van der Waals surface area contributed by atoms with E-state index in [4.69, 9.17) is 0 Å². The predicted octanol–water partition coefficient (Wildman–Crippen LogP) is 3.43. The molecule has 0 aliphatic rings. The van der Waals surface area contributed by atoms with Crippen molar-refractivity contribution in [2.75, 3.05) is 33.4 Å². The van der Waals surface area contributed by atoms with Crippen LogP contribution in [0.2, 0.25) is 0 Å². The van der Waals surface area contributed by atoms with Crippen molar-refractivity contribution in [3.8, 4) is 10.4 Å². The van der Waals surface area contributed by atoms with E-state index >= 15 is 0 Å². The van der Waals surface area contributed by atoms with Gasteiger partial charge in [0.05, 0.1) is 4.21 Å². The van der Waals surface area contributed by atoms with Crippen molar-refractivity contribution in [3.05, 3.63) is 42.0 Å². The Morgan fingerprint density at radius 3 is 2.48 bits per heavy atom. The van der Waals surface area contributed by atoms with Gasteiger partial charge in [0.15, 0.2) is 0 Å². The molecule has 2 rings (SSSR count). The van der Waals surface area contributed by atoms with Crippen molar-refractivity contribution in [2.45, 2.75) is 4.21 Å². The first-order valence-corrected chi connectivity index (χ1v) is 8.81. The maximum Gasteiger partial charge on any atom is 0.251 e. The van der Waals surface area contributed by atoms with Crippen molar-refractivity contribution >= 4 is 29.0 Å². The Morgan fingerprint density at radius 1 is 1.19 bits per heavy atom. The molecule has 0 spiro atoms. The Morgan fingerprint density at radius 2 is 1.90 bits per heavy atom. The van der Waals surface area contributed by atoms with Crippen LogP contribution in [0.3, 0.4) is 0 Å². The highest BCUT2D eigenvalue weighted by atomic mass is 32.2. The Hall–Kier alpha value is -1.30. The summed E-state index contributed by atoms with van der Waals surface area (Å²) in [5, 5.41) is 2.92. The molecule has 0 radical (unpaired) electrons. The molecule has 0 saturated heterocycles. The van der Waals surface area contributed by atoms with Crippen LogP contribution in [-0.2, 0) is 0 Å².